The molecule has 19 heavy (non-hydrogen) atoms. The van der Waals surface area contributed by atoms with Crippen LogP contribution in [0, 0.1) is 11.6 Å². The minimum Gasteiger partial charge on any atom is -0.393 e. The maximum Gasteiger partial charge on any atom is 0.126 e. The van der Waals surface area contributed by atoms with Gasteiger partial charge in [-0.2, -0.15) is 0 Å². The van der Waals surface area contributed by atoms with Gasteiger partial charge in [-0.15, -0.1) is 0 Å². The van der Waals surface area contributed by atoms with Crippen molar-refractivity contribution in [1.29, 1.82) is 0 Å². The Kier molecular flexibility index (Phi) is 4.85. The van der Waals surface area contributed by atoms with E-state index in [0.717, 1.165) is 38.5 Å². The first-order chi connectivity index (χ1) is 9.04. The predicted molar refractivity (Wildman–Crippen MR) is 69.6 cm³/mol. The minimum absolute atomic E-state index is 0.192. The molecule has 5 heteroatoms. The molecule has 1 atom stereocenters. The van der Waals surface area contributed by atoms with E-state index in [9.17, 15) is 13.9 Å². The van der Waals surface area contributed by atoms with Crippen molar-refractivity contribution in [3.63, 3.8) is 0 Å². The fraction of sp³-hybridized carbons (Fsp3) is 0.571. The summed E-state index contributed by atoms with van der Waals surface area (Å²) >= 11 is 0. The van der Waals surface area contributed by atoms with Gasteiger partial charge in [0, 0.05) is 25.2 Å². The molecule has 1 aromatic carbocycles. The highest BCUT2D eigenvalue weighted by Gasteiger charge is 2.18. The van der Waals surface area contributed by atoms with Crippen molar-refractivity contribution in [2.45, 2.75) is 31.4 Å². The third kappa shape index (κ3) is 4.23. The van der Waals surface area contributed by atoms with Crippen LogP contribution in [0.1, 0.15) is 30.9 Å². The van der Waals surface area contributed by atoms with Crippen LogP contribution in [0.5, 0.6) is 0 Å². The molecule has 1 aliphatic rings. The Labute approximate surface area is 112 Å². The Bertz CT molecular complexity index is 400. The second-order valence-electron chi connectivity index (χ2n) is 5.17. The molecule has 0 saturated carbocycles. The normalized spacial score (nSPS) is 19.6. The average molecular weight is 270 g/mol. The van der Waals surface area contributed by atoms with E-state index in [4.69, 9.17) is 5.73 Å². The lowest BCUT2D eigenvalue weighted by Gasteiger charge is -2.30. The summed E-state index contributed by atoms with van der Waals surface area (Å²) in [6, 6.07) is 3.06. The maximum absolute atomic E-state index is 13.1. The molecule has 0 bridgehead atoms. The van der Waals surface area contributed by atoms with Crippen molar-refractivity contribution >= 4 is 0 Å². The first-order valence-electron chi connectivity index (χ1n) is 6.66. The third-order valence-electron chi connectivity index (χ3n) is 3.63. The monoisotopic (exact) mass is 270 g/mol. The van der Waals surface area contributed by atoms with Crippen LogP contribution in [0.25, 0.3) is 0 Å². The maximum atomic E-state index is 13.1. The average Bonchev–Trinajstić information content (AvgIpc) is 2.36. The van der Waals surface area contributed by atoms with Gasteiger partial charge in [0.2, 0.25) is 0 Å². The summed E-state index contributed by atoms with van der Waals surface area (Å²) in [4.78, 5) is 2.22. The van der Waals surface area contributed by atoms with Crippen molar-refractivity contribution < 1.29 is 13.9 Å². The zero-order valence-electron chi connectivity index (χ0n) is 10.9. The van der Waals surface area contributed by atoms with E-state index in [1.807, 2.05) is 0 Å². The first kappa shape index (κ1) is 14.4. The molecule has 1 fully saturated rings. The lowest BCUT2D eigenvalue weighted by molar-refractivity contribution is 0.0812. The van der Waals surface area contributed by atoms with Gasteiger partial charge in [-0.3, -0.25) is 0 Å². The summed E-state index contributed by atoms with van der Waals surface area (Å²) in [5.41, 5.74) is 6.46. The Morgan fingerprint density at radius 2 is 1.79 bits per heavy atom. The Morgan fingerprint density at radius 3 is 2.37 bits per heavy atom. The smallest absolute Gasteiger partial charge is 0.126 e. The van der Waals surface area contributed by atoms with Crippen LogP contribution < -0.4 is 5.73 Å². The highest BCUT2D eigenvalue weighted by Crippen LogP contribution is 2.19. The summed E-state index contributed by atoms with van der Waals surface area (Å²) < 4.78 is 26.2. The molecule has 1 heterocycles. The molecular weight excluding hydrogens is 250 g/mol. The second kappa shape index (κ2) is 6.41. The molecule has 2 rings (SSSR count). The van der Waals surface area contributed by atoms with Gasteiger partial charge >= 0.3 is 0 Å². The van der Waals surface area contributed by atoms with Gasteiger partial charge in [-0.25, -0.2) is 8.78 Å². The van der Waals surface area contributed by atoms with Gasteiger partial charge in [0.15, 0.2) is 0 Å². The molecule has 1 aliphatic heterocycles. The largest absolute Gasteiger partial charge is 0.393 e. The van der Waals surface area contributed by atoms with Gasteiger partial charge < -0.3 is 15.7 Å². The number of halogens is 2. The quantitative estimate of drug-likeness (QED) is 0.877. The molecule has 1 aromatic rings. The Balaban J connectivity index is 1.85. The molecule has 0 radical (unpaired) electrons. The highest BCUT2D eigenvalue weighted by atomic mass is 19.1. The fourth-order valence-electron chi connectivity index (χ4n) is 2.42. The number of benzene rings is 1. The van der Waals surface area contributed by atoms with Gasteiger partial charge in [-0.05, 0) is 43.5 Å². The van der Waals surface area contributed by atoms with Gasteiger partial charge in [0.1, 0.15) is 11.6 Å². The number of hydrogen-bond donors (Lipinski definition) is 2. The Morgan fingerprint density at radius 1 is 1.21 bits per heavy atom. The topological polar surface area (TPSA) is 49.5 Å². The molecule has 0 amide bonds. The third-order valence-corrected chi connectivity index (χ3v) is 3.63. The van der Waals surface area contributed by atoms with Crippen LogP contribution in [0.2, 0.25) is 0 Å². The highest BCUT2D eigenvalue weighted by molar-refractivity contribution is 5.21. The van der Waals surface area contributed by atoms with E-state index in [2.05, 4.69) is 4.90 Å². The SMILES string of the molecule is NC(CCN1CCC(O)CC1)c1cc(F)cc(F)c1. The van der Waals surface area contributed by atoms with E-state index in [-0.39, 0.29) is 12.1 Å². The van der Waals surface area contributed by atoms with Crippen LogP contribution in [-0.2, 0) is 0 Å². The first-order valence-corrected chi connectivity index (χ1v) is 6.66. The van der Waals surface area contributed by atoms with Crippen molar-refractivity contribution in [1.82, 2.24) is 4.90 Å². The molecule has 3 nitrogen and oxygen atoms in total. The van der Waals surface area contributed by atoms with Crippen LogP contribution in [-0.4, -0.2) is 35.7 Å². The van der Waals surface area contributed by atoms with E-state index in [0.29, 0.717) is 12.0 Å². The number of aliphatic hydroxyl groups is 1. The number of piperidine rings is 1. The molecule has 1 unspecified atom stereocenters. The number of hydrogen-bond acceptors (Lipinski definition) is 3. The summed E-state index contributed by atoms with van der Waals surface area (Å²) in [5.74, 6) is -1.18. The lowest BCUT2D eigenvalue weighted by Crippen LogP contribution is -2.37. The minimum atomic E-state index is -0.591. The van der Waals surface area contributed by atoms with E-state index >= 15 is 0 Å². The van der Waals surface area contributed by atoms with Gasteiger partial charge in [-0.1, -0.05) is 0 Å². The second-order valence-corrected chi connectivity index (χ2v) is 5.17. The fourth-order valence-corrected chi connectivity index (χ4v) is 2.42. The van der Waals surface area contributed by atoms with E-state index in [1.165, 1.54) is 12.1 Å². The standard InChI is InChI=1S/C14H20F2N2O/c15-11-7-10(8-12(16)9-11)14(17)3-6-18-4-1-13(19)2-5-18/h7-9,13-14,19H,1-6,17H2. The number of likely N-dealkylation sites (tertiary alicyclic amines) is 1. The van der Waals surface area contributed by atoms with Crippen molar-refractivity contribution in [3.05, 3.63) is 35.4 Å². The number of nitrogens with two attached hydrogens (primary N) is 1. The molecule has 0 spiro atoms. The zero-order chi connectivity index (χ0) is 13.8. The summed E-state index contributed by atoms with van der Waals surface area (Å²) in [7, 11) is 0. The number of aliphatic hydroxyl groups excluding tert-OH is 1. The van der Waals surface area contributed by atoms with Crippen LogP contribution in [0.15, 0.2) is 18.2 Å². The van der Waals surface area contributed by atoms with E-state index in [1.54, 1.807) is 0 Å². The van der Waals surface area contributed by atoms with E-state index < -0.39 is 11.6 Å². The van der Waals surface area contributed by atoms with Crippen LogP contribution >= 0.6 is 0 Å². The van der Waals surface area contributed by atoms with Crippen molar-refractivity contribution in [3.8, 4) is 0 Å². The zero-order valence-corrected chi connectivity index (χ0v) is 10.9. The van der Waals surface area contributed by atoms with Crippen molar-refractivity contribution in [2.24, 2.45) is 5.73 Å². The number of nitrogens with zero attached hydrogens (tertiary/aromatic N) is 1. The lowest BCUT2D eigenvalue weighted by atomic mass is 10.0. The molecule has 0 aromatic heterocycles. The number of rotatable bonds is 4. The molecular formula is C14H20F2N2O. The molecule has 1 saturated heterocycles. The van der Waals surface area contributed by atoms with Gasteiger partial charge in [0.25, 0.3) is 0 Å². The molecule has 0 aliphatic carbocycles. The van der Waals surface area contributed by atoms with Gasteiger partial charge in [0.05, 0.1) is 6.10 Å². The predicted octanol–water partition coefficient (Wildman–Crippen LogP) is 1.81. The molecule has 106 valence electrons. The summed E-state index contributed by atoms with van der Waals surface area (Å²) in [6.45, 7) is 2.49. The van der Waals surface area contributed by atoms with Crippen LogP contribution in [0.4, 0.5) is 8.78 Å². The van der Waals surface area contributed by atoms with Crippen molar-refractivity contribution in [2.75, 3.05) is 19.6 Å². The summed E-state index contributed by atoms with van der Waals surface area (Å²) in [5, 5.41) is 9.41. The Hall–Kier alpha value is -1.04. The molecule has 3 N–H and O–H groups in total. The van der Waals surface area contributed by atoms with Crippen LogP contribution in [0.3, 0.4) is 0 Å². The summed E-state index contributed by atoms with van der Waals surface area (Å²) in [6.07, 6.45) is 2.02.